The second-order valence-corrected chi connectivity index (χ2v) is 8.26. The molecule has 0 radical (unpaired) electrons. The quantitative estimate of drug-likeness (QED) is 0.696. The summed E-state index contributed by atoms with van der Waals surface area (Å²) in [5.41, 5.74) is 0.377. The number of likely N-dealkylation sites (tertiary alicyclic amines) is 1. The zero-order valence-corrected chi connectivity index (χ0v) is 16.7. The Bertz CT molecular complexity index is 630. The molecular formula is C23H32N2O3. The van der Waals surface area contributed by atoms with Crippen molar-refractivity contribution in [3.05, 3.63) is 36.4 Å². The van der Waals surface area contributed by atoms with Gasteiger partial charge in [0, 0.05) is 43.9 Å². The number of nitrogens with zero attached hydrogens (tertiary/aromatic N) is 2. The molecular weight excluding hydrogens is 352 g/mol. The van der Waals surface area contributed by atoms with E-state index in [9.17, 15) is 14.4 Å². The SMILES string of the molecule is O=C1CCCC(=O)N2CCC[C@@H]2C1.O=CN1CCCC12CC2.c1ccccc1. The lowest BCUT2D eigenvalue weighted by Crippen LogP contribution is -2.38. The van der Waals surface area contributed by atoms with Crippen LogP contribution in [0.2, 0.25) is 0 Å². The van der Waals surface area contributed by atoms with Crippen LogP contribution in [0.3, 0.4) is 0 Å². The maximum atomic E-state index is 11.6. The molecule has 1 aliphatic carbocycles. The standard InChI is InChI=1S/C10H15NO2.C7H11NO.C6H6/c12-9-4-1-5-10(13)11-6-2-3-8(11)7-9;9-6-8-5-1-2-7(8)3-4-7;1-2-4-6-5-3-1/h8H,1-7H2;6H,1-5H2;1-6H/t8-;;/m1../s1. The smallest absolute Gasteiger partial charge is 0.222 e. The van der Waals surface area contributed by atoms with Gasteiger partial charge in [-0.15, -0.1) is 0 Å². The Morgan fingerprint density at radius 2 is 1.54 bits per heavy atom. The number of carbonyl (C=O) groups excluding carboxylic acids is 3. The summed E-state index contributed by atoms with van der Waals surface area (Å²) in [6.45, 7) is 1.88. The molecule has 3 heterocycles. The number of hydrogen-bond acceptors (Lipinski definition) is 3. The van der Waals surface area contributed by atoms with Crippen molar-refractivity contribution in [2.45, 2.75) is 75.8 Å². The summed E-state index contributed by atoms with van der Waals surface area (Å²) in [6, 6.07) is 12.2. The molecule has 1 aromatic rings. The molecule has 3 saturated heterocycles. The topological polar surface area (TPSA) is 57.7 Å². The first-order valence-corrected chi connectivity index (χ1v) is 10.7. The van der Waals surface area contributed by atoms with Gasteiger partial charge in [-0.25, -0.2) is 0 Å². The molecule has 5 rings (SSSR count). The van der Waals surface area contributed by atoms with Gasteiger partial charge in [0.2, 0.25) is 12.3 Å². The molecule has 5 heteroatoms. The van der Waals surface area contributed by atoms with Crippen LogP contribution in [0.4, 0.5) is 0 Å². The van der Waals surface area contributed by atoms with Gasteiger partial charge < -0.3 is 9.80 Å². The van der Waals surface area contributed by atoms with Crippen molar-refractivity contribution >= 4 is 18.1 Å². The van der Waals surface area contributed by atoms with E-state index in [-0.39, 0.29) is 11.9 Å². The van der Waals surface area contributed by atoms with Gasteiger partial charge in [-0.05, 0) is 44.9 Å². The third kappa shape index (κ3) is 5.43. The highest BCUT2D eigenvalue weighted by molar-refractivity contribution is 5.83. The highest BCUT2D eigenvalue weighted by atomic mass is 16.2. The van der Waals surface area contributed by atoms with E-state index < -0.39 is 0 Å². The minimum atomic E-state index is 0.236. The molecule has 4 aliphatic rings. The van der Waals surface area contributed by atoms with E-state index in [2.05, 4.69) is 0 Å². The van der Waals surface area contributed by atoms with Crippen molar-refractivity contribution in [2.75, 3.05) is 13.1 Å². The summed E-state index contributed by atoms with van der Waals surface area (Å²) in [6.07, 6.45) is 10.6. The zero-order valence-electron chi connectivity index (χ0n) is 16.7. The van der Waals surface area contributed by atoms with Crippen molar-refractivity contribution in [3.63, 3.8) is 0 Å². The van der Waals surface area contributed by atoms with E-state index >= 15 is 0 Å². The summed E-state index contributed by atoms with van der Waals surface area (Å²) in [7, 11) is 0. The van der Waals surface area contributed by atoms with Gasteiger partial charge in [0.25, 0.3) is 0 Å². The van der Waals surface area contributed by atoms with E-state index in [0.29, 0.717) is 30.6 Å². The maximum Gasteiger partial charge on any atom is 0.222 e. The average molecular weight is 385 g/mol. The maximum absolute atomic E-state index is 11.6. The van der Waals surface area contributed by atoms with Gasteiger partial charge in [0.1, 0.15) is 5.78 Å². The number of hydrogen-bond donors (Lipinski definition) is 0. The molecule has 1 aromatic carbocycles. The molecule has 3 aliphatic heterocycles. The minimum absolute atomic E-state index is 0.236. The fourth-order valence-corrected chi connectivity index (χ4v) is 4.51. The van der Waals surface area contributed by atoms with E-state index in [4.69, 9.17) is 0 Å². The molecule has 5 nitrogen and oxygen atoms in total. The zero-order chi connectivity index (χ0) is 19.8. The van der Waals surface area contributed by atoms with Gasteiger partial charge in [-0.3, -0.25) is 14.4 Å². The summed E-state index contributed by atoms with van der Waals surface area (Å²) in [5, 5.41) is 0. The van der Waals surface area contributed by atoms with Gasteiger partial charge in [0.15, 0.2) is 0 Å². The molecule has 1 saturated carbocycles. The Labute approximate surface area is 168 Å². The van der Waals surface area contributed by atoms with Crippen LogP contribution in [0.5, 0.6) is 0 Å². The van der Waals surface area contributed by atoms with E-state index in [0.717, 1.165) is 38.8 Å². The van der Waals surface area contributed by atoms with Crippen LogP contribution in [0.15, 0.2) is 36.4 Å². The van der Waals surface area contributed by atoms with Gasteiger partial charge in [-0.1, -0.05) is 36.4 Å². The second kappa shape index (κ2) is 9.85. The van der Waals surface area contributed by atoms with Crippen molar-refractivity contribution in [2.24, 2.45) is 0 Å². The van der Waals surface area contributed by atoms with Crippen LogP contribution in [0.1, 0.15) is 64.2 Å². The second-order valence-electron chi connectivity index (χ2n) is 8.26. The van der Waals surface area contributed by atoms with Crippen LogP contribution in [0.25, 0.3) is 0 Å². The highest BCUT2D eigenvalue weighted by Gasteiger charge is 2.50. The van der Waals surface area contributed by atoms with E-state index in [1.165, 1.54) is 25.7 Å². The molecule has 152 valence electrons. The predicted octanol–water partition coefficient (Wildman–Crippen LogP) is 3.58. The molecule has 0 N–H and O–H groups in total. The average Bonchev–Trinajstić information content (AvgIpc) is 3.16. The van der Waals surface area contributed by atoms with Gasteiger partial charge >= 0.3 is 0 Å². The number of amides is 2. The van der Waals surface area contributed by atoms with Crippen LogP contribution in [-0.4, -0.2) is 52.6 Å². The third-order valence-electron chi connectivity index (χ3n) is 6.28. The highest BCUT2D eigenvalue weighted by Crippen LogP contribution is 2.48. The van der Waals surface area contributed by atoms with E-state index in [1.54, 1.807) is 0 Å². The third-order valence-corrected chi connectivity index (χ3v) is 6.28. The summed E-state index contributed by atoms with van der Waals surface area (Å²) >= 11 is 0. The number of carbonyl (C=O) groups is 3. The number of fused-ring (bicyclic) bond motifs is 1. The summed E-state index contributed by atoms with van der Waals surface area (Å²) < 4.78 is 0. The Kier molecular flexibility index (Phi) is 7.24. The molecule has 1 spiro atoms. The lowest BCUT2D eigenvalue weighted by atomic mass is 10.0. The Balaban J connectivity index is 0.000000130. The Morgan fingerprint density at radius 3 is 2.11 bits per heavy atom. The molecule has 1 atom stereocenters. The number of ketones is 1. The number of rotatable bonds is 1. The molecule has 0 unspecified atom stereocenters. The van der Waals surface area contributed by atoms with Crippen LogP contribution in [-0.2, 0) is 14.4 Å². The Hall–Kier alpha value is -2.17. The molecule has 0 bridgehead atoms. The molecule has 4 fully saturated rings. The van der Waals surface area contributed by atoms with Crippen molar-refractivity contribution in [3.8, 4) is 0 Å². The van der Waals surface area contributed by atoms with Crippen molar-refractivity contribution in [1.29, 1.82) is 0 Å². The van der Waals surface area contributed by atoms with Crippen LogP contribution >= 0.6 is 0 Å². The lowest BCUT2D eigenvalue weighted by Gasteiger charge is -2.26. The molecule has 0 aromatic heterocycles. The number of Topliss-reactive ketones (excluding diaryl/α,β-unsaturated/α-hetero) is 1. The molecule has 2 amide bonds. The Morgan fingerprint density at radius 1 is 0.857 bits per heavy atom. The predicted molar refractivity (Wildman–Crippen MR) is 109 cm³/mol. The normalized spacial score (nSPS) is 24.9. The lowest BCUT2D eigenvalue weighted by molar-refractivity contribution is -0.134. The van der Waals surface area contributed by atoms with E-state index in [1.807, 2.05) is 46.2 Å². The monoisotopic (exact) mass is 384 g/mol. The van der Waals surface area contributed by atoms with Gasteiger partial charge in [0.05, 0.1) is 0 Å². The minimum Gasteiger partial charge on any atom is -0.340 e. The number of benzene rings is 1. The summed E-state index contributed by atoms with van der Waals surface area (Å²) in [4.78, 5) is 37.2. The first kappa shape index (κ1) is 20.6. The van der Waals surface area contributed by atoms with Crippen molar-refractivity contribution < 1.29 is 14.4 Å². The largest absolute Gasteiger partial charge is 0.340 e. The molecule has 28 heavy (non-hydrogen) atoms. The van der Waals surface area contributed by atoms with Crippen LogP contribution < -0.4 is 0 Å². The first-order chi connectivity index (χ1) is 13.6. The van der Waals surface area contributed by atoms with Crippen LogP contribution in [0, 0.1) is 0 Å². The fraction of sp³-hybridized carbons (Fsp3) is 0.609. The van der Waals surface area contributed by atoms with Gasteiger partial charge in [-0.2, -0.15) is 0 Å². The fourth-order valence-electron chi connectivity index (χ4n) is 4.51. The first-order valence-electron chi connectivity index (χ1n) is 10.7. The summed E-state index contributed by atoms with van der Waals surface area (Å²) in [5.74, 6) is 0.597. The van der Waals surface area contributed by atoms with Crippen molar-refractivity contribution in [1.82, 2.24) is 9.80 Å².